The highest BCUT2D eigenvalue weighted by atomic mass is 16.5. The predicted molar refractivity (Wildman–Crippen MR) is 165 cm³/mol. The summed E-state index contributed by atoms with van der Waals surface area (Å²) in [5, 5.41) is 3.34. The Hall–Kier alpha value is -4.96. The van der Waals surface area contributed by atoms with Crippen molar-refractivity contribution in [3.05, 3.63) is 133 Å². The van der Waals surface area contributed by atoms with Gasteiger partial charge in [-0.1, -0.05) is 109 Å². The molecule has 4 atom stereocenters. The molecular formula is C37H27N3O. The molecule has 0 spiro atoms. The van der Waals surface area contributed by atoms with E-state index in [1.807, 2.05) is 12.1 Å². The van der Waals surface area contributed by atoms with Crippen LogP contribution in [0.1, 0.15) is 17.9 Å². The number of rotatable bonds is 2. The standard InChI is InChI=1S/C37H27N3O/c1-22-21-29-26-19-20-32-33(36(26)41-35(29)25-14-6-5-13-24(22)25)28-16-8-10-18-31(28)40(32)37-38-30-17-9-7-15-27(30)34(39-37)23-11-3-2-4-12-23/h2-20,24-25,29,35H,1,21H2. The van der Waals surface area contributed by atoms with Gasteiger partial charge in [0.1, 0.15) is 11.9 Å². The fourth-order valence-electron chi connectivity index (χ4n) is 7.39. The van der Waals surface area contributed by atoms with Crippen molar-refractivity contribution in [2.45, 2.75) is 18.4 Å². The molecule has 6 aromatic rings. The summed E-state index contributed by atoms with van der Waals surface area (Å²) in [6.45, 7) is 4.48. The van der Waals surface area contributed by atoms with Crippen LogP contribution in [0.3, 0.4) is 0 Å². The van der Waals surface area contributed by atoms with E-state index in [1.165, 1.54) is 11.1 Å². The van der Waals surface area contributed by atoms with Gasteiger partial charge in [0, 0.05) is 39.7 Å². The van der Waals surface area contributed by atoms with Crippen molar-refractivity contribution in [3.8, 4) is 23.0 Å². The highest BCUT2D eigenvalue weighted by molar-refractivity contribution is 6.13. The molecule has 3 heterocycles. The summed E-state index contributed by atoms with van der Waals surface area (Å²) in [5.74, 6) is 2.63. The molecule has 41 heavy (non-hydrogen) atoms. The lowest BCUT2D eigenvalue weighted by Crippen LogP contribution is -2.38. The number of allylic oxidation sites excluding steroid dienone is 4. The minimum Gasteiger partial charge on any atom is -0.488 e. The Morgan fingerprint density at radius 3 is 2.44 bits per heavy atom. The van der Waals surface area contributed by atoms with Crippen LogP contribution in [0.4, 0.5) is 0 Å². The molecule has 0 amide bonds. The van der Waals surface area contributed by atoms with Crippen LogP contribution in [0.15, 0.2) is 127 Å². The number of aromatic nitrogens is 3. The SMILES string of the molecule is C=C1CC2c3ccc4c(c3OC2C2C=CC=CC12)c1ccccc1n4-c1nc(-c2ccccc2)c2ccccc2n1. The van der Waals surface area contributed by atoms with Gasteiger partial charge < -0.3 is 4.74 Å². The van der Waals surface area contributed by atoms with Crippen LogP contribution in [-0.4, -0.2) is 20.6 Å². The molecule has 1 saturated carbocycles. The summed E-state index contributed by atoms with van der Waals surface area (Å²) in [4.78, 5) is 10.3. The third-order valence-electron chi connectivity index (χ3n) is 9.22. The van der Waals surface area contributed by atoms with Gasteiger partial charge in [0.2, 0.25) is 5.95 Å². The number of fused-ring (bicyclic) bond motifs is 10. The van der Waals surface area contributed by atoms with Crippen molar-refractivity contribution >= 4 is 32.7 Å². The highest BCUT2D eigenvalue weighted by Crippen LogP contribution is 2.55. The molecule has 0 N–H and O–H groups in total. The van der Waals surface area contributed by atoms with E-state index in [-0.39, 0.29) is 6.10 Å². The third kappa shape index (κ3) is 3.22. The van der Waals surface area contributed by atoms with Crippen molar-refractivity contribution in [3.63, 3.8) is 0 Å². The van der Waals surface area contributed by atoms with Gasteiger partial charge in [-0.2, -0.15) is 0 Å². The zero-order chi connectivity index (χ0) is 27.1. The second-order valence-electron chi connectivity index (χ2n) is 11.4. The zero-order valence-electron chi connectivity index (χ0n) is 22.4. The number of ether oxygens (including phenoxy) is 1. The first-order valence-electron chi connectivity index (χ1n) is 14.3. The first-order valence-corrected chi connectivity index (χ1v) is 14.3. The average molecular weight is 530 g/mol. The molecule has 9 rings (SSSR count). The lowest BCUT2D eigenvalue weighted by Gasteiger charge is -2.39. The van der Waals surface area contributed by atoms with Gasteiger partial charge in [-0.25, -0.2) is 9.97 Å². The van der Waals surface area contributed by atoms with Crippen LogP contribution in [0.2, 0.25) is 0 Å². The monoisotopic (exact) mass is 529 g/mol. The van der Waals surface area contributed by atoms with E-state index in [1.54, 1.807) is 0 Å². The lowest BCUT2D eigenvalue weighted by atomic mass is 9.67. The van der Waals surface area contributed by atoms with Gasteiger partial charge in [-0.15, -0.1) is 0 Å². The summed E-state index contributed by atoms with van der Waals surface area (Å²) in [7, 11) is 0. The molecule has 4 aromatic carbocycles. The molecule has 2 aromatic heterocycles. The van der Waals surface area contributed by atoms with Gasteiger partial charge >= 0.3 is 0 Å². The maximum atomic E-state index is 6.98. The Morgan fingerprint density at radius 1 is 0.756 bits per heavy atom. The Labute approximate surface area is 237 Å². The van der Waals surface area contributed by atoms with Gasteiger partial charge in [0.15, 0.2) is 0 Å². The van der Waals surface area contributed by atoms with Crippen molar-refractivity contribution in [1.29, 1.82) is 0 Å². The number of nitrogens with zero attached hydrogens (tertiary/aromatic N) is 3. The Morgan fingerprint density at radius 2 is 1.54 bits per heavy atom. The van der Waals surface area contributed by atoms with E-state index in [2.05, 4.69) is 114 Å². The van der Waals surface area contributed by atoms with E-state index >= 15 is 0 Å². The minimum atomic E-state index is 0.107. The lowest BCUT2D eigenvalue weighted by molar-refractivity contribution is 0.123. The molecule has 1 aliphatic heterocycles. The van der Waals surface area contributed by atoms with E-state index in [0.29, 0.717) is 23.7 Å². The average Bonchev–Trinajstić information content (AvgIpc) is 3.57. The topological polar surface area (TPSA) is 39.9 Å². The maximum Gasteiger partial charge on any atom is 0.235 e. The predicted octanol–water partition coefficient (Wildman–Crippen LogP) is 8.56. The second kappa shape index (κ2) is 8.52. The first kappa shape index (κ1) is 22.8. The summed E-state index contributed by atoms with van der Waals surface area (Å²) in [6, 6.07) is 31.7. The van der Waals surface area contributed by atoms with Crippen LogP contribution in [0.25, 0.3) is 49.9 Å². The van der Waals surface area contributed by atoms with Crippen LogP contribution >= 0.6 is 0 Å². The van der Waals surface area contributed by atoms with Crippen molar-refractivity contribution < 1.29 is 4.74 Å². The first-order chi connectivity index (χ1) is 20.3. The summed E-state index contributed by atoms with van der Waals surface area (Å²) in [6.07, 6.45) is 9.97. The molecular weight excluding hydrogens is 502 g/mol. The summed E-state index contributed by atoms with van der Waals surface area (Å²) < 4.78 is 9.19. The molecule has 4 heteroatoms. The van der Waals surface area contributed by atoms with Crippen molar-refractivity contribution in [2.75, 3.05) is 0 Å². The van der Waals surface area contributed by atoms with Gasteiger partial charge in [0.25, 0.3) is 0 Å². The molecule has 3 aliphatic rings. The smallest absolute Gasteiger partial charge is 0.235 e. The quantitative estimate of drug-likeness (QED) is 0.211. The van der Waals surface area contributed by atoms with Gasteiger partial charge in [-0.05, 0) is 24.6 Å². The summed E-state index contributed by atoms with van der Waals surface area (Å²) >= 11 is 0. The van der Waals surface area contributed by atoms with E-state index < -0.39 is 0 Å². The number of hydrogen-bond acceptors (Lipinski definition) is 3. The molecule has 2 aliphatic carbocycles. The molecule has 0 saturated heterocycles. The molecule has 4 nitrogen and oxygen atoms in total. The molecule has 1 fully saturated rings. The molecule has 4 unspecified atom stereocenters. The zero-order valence-corrected chi connectivity index (χ0v) is 22.4. The Bertz CT molecular complexity index is 2100. The summed E-state index contributed by atoms with van der Waals surface area (Å²) in [5.41, 5.74) is 7.66. The number of benzene rings is 4. The number of hydrogen-bond donors (Lipinski definition) is 0. The van der Waals surface area contributed by atoms with Crippen molar-refractivity contribution in [2.24, 2.45) is 11.8 Å². The fourth-order valence-corrected chi connectivity index (χ4v) is 7.39. The van der Waals surface area contributed by atoms with Crippen LogP contribution in [0.5, 0.6) is 5.75 Å². The Balaban J connectivity index is 1.30. The molecule has 0 radical (unpaired) electrons. The highest BCUT2D eigenvalue weighted by Gasteiger charge is 2.47. The fraction of sp³-hybridized carbons (Fsp3) is 0.135. The van der Waals surface area contributed by atoms with Crippen LogP contribution in [-0.2, 0) is 0 Å². The maximum absolute atomic E-state index is 6.98. The van der Waals surface area contributed by atoms with Crippen LogP contribution in [0, 0.1) is 11.8 Å². The third-order valence-corrected chi connectivity index (χ3v) is 9.22. The van der Waals surface area contributed by atoms with Gasteiger partial charge in [0.05, 0.1) is 27.6 Å². The normalized spacial score (nSPS) is 22.6. The van der Waals surface area contributed by atoms with E-state index in [4.69, 9.17) is 14.7 Å². The van der Waals surface area contributed by atoms with E-state index in [9.17, 15) is 0 Å². The van der Waals surface area contributed by atoms with Gasteiger partial charge in [-0.3, -0.25) is 4.57 Å². The number of para-hydroxylation sites is 2. The van der Waals surface area contributed by atoms with Crippen LogP contribution < -0.4 is 4.74 Å². The van der Waals surface area contributed by atoms with E-state index in [0.717, 1.165) is 56.1 Å². The largest absolute Gasteiger partial charge is 0.488 e. The molecule has 0 bridgehead atoms. The minimum absolute atomic E-state index is 0.107. The second-order valence-corrected chi connectivity index (χ2v) is 11.4. The molecule has 196 valence electrons. The Kier molecular flexibility index (Phi) is 4.74. The van der Waals surface area contributed by atoms with Crippen molar-refractivity contribution in [1.82, 2.24) is 14.5 Å².